The predicted molar refractivity (Wildman–Crippen MR) is 165 cm³/mol. The molecule has 3 atom stereocenters. The average molecular weight is 622 g/mol. The smallest absolute Gasteiger partial charge is 0.256 e. The van der Waals surface area contributed by atoms with Gasteiger partial charge in [-0.1, -0.05) is 11.2 Å². The number of benzene rings is 1. The van der Waals surface area contributed by atoms with Gasteiger partial charge in [-0.2, -0.15) is 4.31 Å². The molecule has 1 amide bonds. The number of rotatable bonds is 8. The molecule has 1 saturated carbocycles. The first kappa shape index (κ1) is 28.4. The molecule has 43 heavy (non-hydrogen) atoms. The van der Waals surface area contributed by atoms with Crippen molar-refractivity contribution in [3.8, 4) is 10.6 Å². The summed E-state index contributed by atoms with van der Waals surface area (Å²) in [7, 11) is -3.60. The Bertz CT molecular complexity index is 1780. The van der Waals surface area contributed by atoms with Crippen molar-refractivity contribution in [1.29, 1.82) is 0 Å². The lowest BCUT2D eigenvalue weighted by atomic mass is 10.1. The van der Waals surface area contributed by atoms with Crippen LogP contribution in [-0.4, -0.2) is 95.4 Å². The maximum atomic E-state index is 13.4. The van der Waals surface area contributed by atoms with E-state index in [0.29, 0.717) is 64.9 Å². The Balaban J connectivity index is 0.975. The topological polar surface area (TPSA) is 125 Å². The Morgan fingerprint density at radius 2 is 1.86 bits per heavy atom. The number of hydrogen-bond acceptors (Lipinski definition) is 10. The minimum absolute atomic E-state index is 0.0414. The number of hydrogen-bond donors (Lipinski definition) is 1. The lowest BCUT2D eigenvalue weighted by Crippen LogP contribution is -2.50. The second kappa shape index (κ2) is 11.0. The summed E-state index contributed by atoms with van der Waals surface area (Å²) >= 11 is 1.22. The highest BCUT2D eigenvalue weighted by Crippen LogP contribution is 2.45. The molecule has 2 unspecified atom stereocenters. The quantitative estimate of drug-likeness (QED) is 0.312. The lowest BCUT2D eigenvalue weighted by Gasteiger charge is -2.35. The number of thiophene rings is 1. The number of likely N-dealkylation sites (tertiary alicyclic amines) is 1. The van der Waals surface area contributed by atoms with Crippen LogP contribution in [0.25, 0.3) is 21.5 Å². The molecule has 3 fully saturated rings. The van der Waals surface area contributed by atoms with Crippen LogP contribution in [-0.2, 0) is 10.0 Å². The van der Waals surface area contributed by atoms with E-state index in [9.17, 15) is 13.2 Å². The van der Waals surface area contributed by atoms with Crippen molar-refractivity contribution in [3.05, 3.63) is 53.5 Å². The fraction of sp³-hybridized carbons (Fsp3) is 0.467. The van der Waals surface area contributed by atoms with E-state index in [4.69, 9.17) is 4.52 Å². The summed E-state index contributed by atoms with van der Waals surface area (Å²) in [4.78, 5) is 27.3. The standard InChI is InChI=1S/C30H35N7O4S2/c1-18(33-29-23-5-4-6-24(27(23)31-17-32-29)30(38)36-15-21-13-22(21)16-36)14-35-9-11-37(12-10-35)43(39,40)26-8-7-25(42-26)28-19(2)20(3)34-41-28/h4-8,17-18,21-22H,9-16H2,1-3H3,(H,31,32,33)/t18-,21?,22?/m0/s1. The van der Waals surface area contributed by atoms with Gasteiger partial charge in [0, 0.05) is 62.8 Å². The van der Waals surface area contributed by atoms with Gasteiger partial charge in [-0.05, 0) is 63.3 Å². The molecule has 4 aromatic rings. The van der Waals surface area contributed by atoms with Gasteiger partial charge in [0.05, 0.1) is 21.7 Å². The minimum atomic E-state index is -3.60. The number of piperidine rings is 1. The van der Waals surface area contributed by atoms with Crippen LogP contribution in [0.4, 0.5) is 5.82 Å². The van der Waals surface area contributed by atoms with Gasteiger partial charge in [-0.15, -0.1) is 11.3 Å². The van der Waals surface area contributed by atoms with Crippen LogP contribution in [0.5, 0.6) is 0 Å². The molecule has 3 aliphatic rings. The fourth-order valence-electron chi connectivity index (χ4n) is 6.28. The van der Waals surface area contributed by atoms with Crippen LogP contribution >= 0.6 is 11.3 Å². The van der Waals surface area contributed by atoms with Crippen molar-refractivity contribution in [3.63, 3.8) is 0 Å². The van der Waals surface area contributed by atoms with Crippen LogP contribution in [0.15, 0.2) is 45.4 Å². The van der Waals surface area contributed by atoms with Crippen molar-refractivity contribution in [2.24, 2.45) is 11.8 Å². The number of nitrogens with one attached hydrogen (secondary N) is 1. The monoisotopic (exact) mass is 621 g/mol. The normalized spacial score (nSPS) is 21.7. The van der Waals surface area contributed by atoms with Crippen LogP contribution in [0.3, 0.4) is 0 Å². The summed E-state index contributed by atoms with van der Waals surface area (Å²) in [6, 6.07) is 9.19. The number of fused-ring (bicyclic) bond motifs is 2. The number of piperazine rings is 1. The molecule has 0 radical (unpaired) electrons. The summed E-state index contributed by atoms with van der Waals surface area (Å²) in [6.07, 6.45) is 2.76. The van der Waals surface area contributed by atoms with E-state index in [0.717, 1.165) is 41.2 Å². The van der Waals surface area contributed by atoms with Gasteiger partial charge in [0.2, 0.25) is 0 Å². The highest BCUT2D eigenvalue weighted by molar-refractivity contribution is 7.91. The third-order valence-corrected chi connectivity index (χ3v) is 12.4. The molecule has 0 bridgehead atoms. The van der Waals surface area contributed by atoms with E-state index in [2.05, 4.69) is 32.3 Å². The summed E-state index contributed by atoms with van der Waals surface area (Å²) in [6.45, 7) is 10.4. The molecule has 1 aliphatic carbocycles. The summed E-state index contributed by atoms with van der Waals surface area (Å²) in [5.41, 5.74) is 3.01. The Hall–Kier alpha value is -3.39. The molecule has 11 nitrogen and oxygen atoms in total. The number of carbonyl (C=O) groups is 1. The predicted octanol–water partition coefficient (Wildman–Crippen LogP) is 3.86. The van der Waals surface area contributed by atoms with Gasteiger partial charge >= 0.3 is 0 Å². The van der Waals surface area contributed by atoms with Crippen molar-refractivity contribution >= 4 is 44.0 Å². The third-order valence-electron chi connectivity index (χ3n) is 8.96. The molecular weight excluding hydrogens is 587 g/mol. The SMILES string of the molecule is Cc1noc(-c2ccc(S(=O)(=O)N3CCN(C[C@H](C)Nc4ncnc5c(C(=O)N6CC7CC7C6)cccc45)CC3)s2)c1C. The summed E-state index contributed by atoms with van der Waals surface area (Å²) < 4.78 is 34.1. The van der Waals surface area contributed by atoms with E-state index in [1.54, 1.807) is 16.4 Å². The van der Waals surface area contributed by atoms with Crippen LogP contribution < -0.4 is 5.32 Å². The zero-order chi connectivity index (χ0) is 29.9. The van der Waals surface area contributed by atoms with E-state index in [1.165, 1.54) is 24.1 Å². The number of aromatic nitrogens is 3. The van der Waals surface area contributed by atoms with Gasteiger partial charge in [-0.3, -0.25) is 9.69 Å². The number of anilines is 1. The summed E-state index contributed by atoms with van der Waals surface area (Å²) in [5.74, 6) is 2.72. The fourth-order valence-corrected chi connectivity index (χ4v) is 9.20. The van der Waals surface area contributed by atoms with Gasteiger partial charge in [0.1, 0.15) is 16.4 Å². The Kier molecular flexibility index (Phi) is 7.23. The molecule has 13 heteroatoms. The summed E-state index contributed by atoms with van der Waals surface area (Å²) in [5, 5.41) is 8.33. The number of aryl methyl sites for hydroxylation is 1. The Morgan fingerprint density at radius 3 is 2.58 bits per heavy atom. The van der Waals surface area contributed by atoms with Crippen molar-refractivity contribution < 1.29 is 17.7 Å². The van der Waals surface area contributed by atoms with Crippen molar-refractivity contribution in [2.45, 2.75) is 37.4 Å². The van der Waals surface area contributed by atoms with E-state index < -0.39 is 10.0 Å². The van der Waals surface area contributed by atoms with Crippen LogP contribution in [0.2, 0.25) is 0 Å². The first-order valence-electron chi connectivity index (χ1n) is 14.7. The first-order valence-corrected chi connectivity index (χ1v) is 17.0. The van der Waals surface area contributed by atoms with E-state index in [1.807, 2.05) is 36.9 Å². The average Bonchev–Trinajstić information content (AvgIpc) is 3.32. The Labute approximate surface area is 254 Å². The van der Waals surface area contributed by atoms with Crippen LogP contribution in [0.1, 0.15) is 35.0 Å². The maximum absolute atomic E-state index is 13.4. The van der Waals surface area contributed by atoms with Crippen LogP contribution in [0, 0.1) is 25.7 Å². The Morgan fingerprint density at radius 1 is 1.09 bits per heavy atom. The molecule has 2 saturated heterocycles. The molecule has 3 aromatic heterocycles. The number of nitrogens with zero attached hydrogens (tertiary/aromatic N) is 6. The molecular formula is C30H35N7O4S2. The zero-order valence-corrected chi connectivity index (χ0v) is 26.1. The van der Waals surface area contributed by atoms with E-state index in [-0.39, 0.29) is 11.9 Å². The van der Waals surface area contributed by atoms with E-state index >= 15 is 0 Å². The van der Waals surface area contributed by atoms with Gasteiger partial charge in [0.25, 0.3) is 15.9 Å². The first-order chi connectivity index (χ1) is 20.7. The third kappa shape index (κ3) is 5.32. The second-order valence-electron chi connectivity index (χ2n) is 12.0. The highest BCUT2D eigenvalue weighted by Gasteiger charge is 2.46. The lowest BCUT2D eigenvalue weighted by molar-refractivity contribution is 0.0777. The molecule has 7 rings (SSSR count). The molecule has 2 aliphatic heterocycles. The molecule has 0 spiro atoms. The van der Waals surface area contributed by atoms with Gasteiger partial charge < -0.3 is 14.7 Å². The molecule has 1 N–H and O–H groups in total. The zero-order valence-electron chi connectivity index (χ0n) is 24.5. The van der Waals surface area contributed by atoms with Gasteiger partial charge in [-0.25, -0.2) is 18.4 Å². The molecule has 1 aromatic carbocycles. The number of sulfonamides is 1. The molecule has 5 heterocycles. The van der Waals surface area contributed by atoms with Crippen molar-refractivity contribution in [2.75, 3.05) is 51.1 Å². The second-order valence-corrected chi connectivity index (χ2v) is 15.2. The number of para-hydroxylation sites is 1. The number of carbonyl (C=O) groups excluding carboxylic acids is 1. The minimum Gasteiger partial charge on any atom is -0.366 e. The maximum Gasteiger partial charge on any atom is 0.256 e. The van der Waals surface area contributed by atoms with Gasteiger partial charge in [0.15, 0.2) is 5.76 Å². The highest BCUT2D eigenvalue weighted by atomic mass is 32.2. The van der Waals surface area contributed by atoms with Crippen molar-refractivity contribution in [1.82, 2.24) is 29.2 Å². The largest absolute Gasteiger partial charge is 0.366 e. The number of amides is 1. The molecule has 226 valence electrons.